The molecule has 92 valence electrons. The zero-order chi connectivity index (χ0) is 12.0. The van der Waals surface area contributed by atoms with Gasteiger partial charge >= 0.3 is 5.97 Å². The SMILES string of the molecule is CN(C)CCN(CC(=O)O)C1C=CCCC1. The molecule has 0 fully saturated rings. The second-order valence-corrected chi connectivity index (χ2v) is 4.59. The second kappa shape index (κ2) is 6.66. The van der Waals surface area contributed by atoms with Gasteiger partial charge < -0.3 is 10.0 Å². The van der Waals surface area contributed by atoms with E-state index in [-0.39, 0.29) is 6.54 Å². The lowest BCUT2D eigenvalue weighted by Gasteiger charge is -2.30. The highest BCUT2D eigenvalue weighted by Crippen LogP contribution is 2.16. The molecule has 0 aliphatic heterocycles. The summed E-state index contributed by atoms with van der Waals surface area (Å²) < 4.78 is 0. The predicted octanol–water partition coefficient (Wildman–Crippen LogP) is 1.04. The highest BCUT2D eigenvalue weighted by atomic mass is 16.4. The van der Waals surface area contributed by atoms with Crippen LogP contribution in [0.5, 0.6) is 0 Å². The fourth-order valence-electron chi connectivity index (χ4n) is 1.96. The summed E-state index contributed by atoms with van der Waals surface area (Å²) in [6, 6.07) is 0.310. The average molecular weight is 226 g/mol. The Bertz CT molecular complexity index is 251. The van der Waals surface area contributed by atoms with Gasteiger partial charge in [-0.05, 0) is 33.4 Å². The van der Waals surface area contributed by atoms with E-state index in [1.165, 1.54) is 6.42 Å². The van der Waals surface area contributed by atoms with Gasteiger partial charge in [-0.2, -0.15) is 0 Å². The third kappa shape index (κ3) is 4.77. The summed E-state index contributed by atoms with van der Waals surface area (Å²) in [5.41, 5.74) is 0. The van der Waals surface area contributed by atoms with Crippen molar-refractivity contribution in [1.29, 1.82) is 0 Å². The van der Waals surface area contributed by atoms with Gasteiger partial charge in [0.2, 0.25) is 0 Å². The van der Waals surface area contributed by atoms with Crippen LogP contribution in [-0.2, 0) is 4.79 Å². The van der Waals surface area contributed by atoms with Gasteiger partial charge in [0, 0.05) is 19.1 Å². The Morgan fingerprint density at radius 3 is 2.69 bits per heavy atom. The Morgan fingerprint density at radius 2 is 2.19 bits per heavy atom. The van der Waals surface area contributed by atoms with Crippen LogP contribution in [0.2, 0.25) is 0 Å². The molecule has 0 aromatic rings. The van der Waals surface area contributed by atoms with E-state index in [2.05, 4.69) is 22.0 Å². The maximum atomic E-state index is 10.8. The van der Waals surface area contributed by atoms with E-state index in [9.17, 15) is 4.79 Å². The van der Waals surface area contributed by atoms with E-state index in [0.29, 0.717) is 6.04 Å². The summed E-state index contributed by atoms with van der Waals surface area (Å²) in [5, 5.41) is 8.90. The van der Waals surface area contributed by atoms with Gasteiger partial charge in [-0.1, -0.05) is 12.2 Å². The molecular formula is C12H22N2O2. The lowest BCUT2D eigenvalue weighted by atomic mass is 10.0. The lowest BCUT2D eigenvalue weighted by Crippen LogP contribution is -2.42. The van der Waals surface area contributed by atoms with E-state index in [1.54, 1.807) is 0 Å². The summed E-state index contributed by atoms with van der Waals surface area (Å²) in [4.78, 5) is 15.0. The van der Waals surface area contributed by atoms with E-state index in [0.717, 1.165) is 25.9 Å². The van der Waals surface area contributed by atoms with Crippen LogP contribution in [0.25, 0.3) is 0 Å². The van der Waals surface area contributed by atoms with Crippen LogP contribution < -0.4 is 0 Å². The Morgan fingerprint density at radius 1 is 1.44 bits per heavy atom. The van der Waals surface area contributed by atoms with Crippen molar-refractivity contribution in [3.05, 3.63) is 12.2 Å². The summed E-state index contributed by atoms with van der Waals surface area (Å²) in [6.45, 7) is 1.86. The first-order valence-corrected chi connectivity index (χ1v) is 5.87. The van der Waals surface area contributed by atoms with Crippen LogP contribution in [0.3, 0.4) is 0 Å². The van der Waals surface area contributed by atoms with Crippen LogP contribution in [0.1, 0.15) is 19.3 Å². The molecule has 1 N–H and O–H groups in total. The molecule has 0 bridgehead atoms. The van der Waals surface area contributed by atoms with Gasteiger partial charge in [0.25, 0.3) is 0 Å². The Labute approximate surface area is 97.5 Å². The van der Waals surface area contributed by atoms with E-state index < -0.39 is 5.97 Å². The van der Waals surface area contributed by atoms with Crippen molar-refractivity contribution in [2.45, 2.75) is 25.3 Å². The first kappa shape index (κ1) is 13.2. The van der Waals surface area contributed by atoms with Crippen molar-refractivity contribution < 1.29 is 9.90 Å². The van der Waals surface area contributed by atoms with E-state index in [1.807, 2.05) is 14.1 Å². The zero-order valence-electron chi connectivity index (χ0n) is 10.2. The second-order valence-electron chi connectivity index (χ2n) is 4.59. The standard InChI is InChI=1S/C12H22N2O2/c1-13(2)8-9-14(10-12(15)16)11-6-4-3-5-7-11/h4,6,11H,3,5,7-10H2,1-2H3,(H,15,16). The fraction of sp³-hybridized carbons (Fsp3) is 0.750. The van der Waals surface area contributed by atoms with Crippen molar-refractivity contribution in [2.75, 3.05) is 33.7 Å². The average Bonchev–Trinajstić information content (AvgIpc) is 2.25. The number of rotatable bonds is 6. The zero-order valence-corrected chi connectivity index (χ0v) is 10.2. The molecule has 0 radical (unpaired) electrons. The summed E-state index contributed by atoms with van der Waals surface area (Å²) in [6.07, 6.45) is 7.70. The number of hydrogen-bond acceptors (Lipinski definition) is 3. The number of hydrogen-bond donors (Lipinski definition) is 1. The van der Waals surface area contributed by atoms with Crippen molar-refractivity contribution in [2.24, 2.45) is 0 Å². The van der Waals surface area contributed by atoms with Crippen molar-refractivity contribution in [1.82, 2.24) is 9.80 Å². The van der Waals surface area contributed by atoms with Gasteiger partial charge in [-0.15, -0.1) is 0 Å². The van der Waals surface area contributed by atoms with Crippen LogP contribution >= 0.6 is 0 Å². The molecule has 1 rings (SSSR count). The highest BCUT2D eigenvalue weighted by molar-refractivity contribution is 5.69. The summed E-state index contributed by atoms with van der Waals surface area (Å²) >= 11 is 0. The number of likely N-dealkylation sites (N-methyl/N-ethyl adjacent to an activating group) is 1. The number of allylic oxidation sites excluding steroid dienone is 1. The number of nitrogens with zero attached hydrogens (tertiary/aromatic N) is 2. The molecule has 1 unspecified atom stereocenters. The number of carbonyl (C=O) groups is 1. The molecule has 0 saturated carbocycles. The number of aliphatic carboxylic acids is 1. The molecule has 1 aliphatic rings. The van der Waals surface area contributed by atoms with Crippen molar-refractivity contribution in [3.8, 4) is 0 Å². The molecule has 0 saturated heterocycles. The van der Waals surface area contributed by atoms with E-state index >= 15 is 0 Å². The Balaban J connectivity index is 2.51. The minimum absolute atomic E-state index is 0.142. The molecule has 0 aromatic carbocycles. The van der Waals surface area contributed by atoms with Gasteiger partial charge in [0.15, 0.2) is 0 Å². The highest BCUT2D eigenvalue weighted by Gasteiger charge is 2.19. The van der Waals surface area contributed by atoms with Crippen molar-refractivity contribution in [3.63, 3.8) is 0 Å². The number of carboxylic acids is 1. The summed E-state index contributed by atoms with van der Waals surface area (Å²) in [5.74, 6) is -0.738. The van der Waals surface area contributed by atoms with Gasteiger partial charge in [-0.25, -0.2) is 0 Å². The molecule has 0 aromatic heterocycles. The third-order valence-electron chi connectivity index (χ3n) is 2.87. The lowest BCUT2D eigenvalue weighted by molar-refractivity contribution is -0.138. The molecule has 4 heteroatoms. The van der Waals surface area contributed by atoms with Gasteiger partial charge in [-0.3, -0.25) is 9.69 Å². The monoisotopic (exact) mass is 226 g/mol. The predicted molar refractivity (Wildman–Crippen MR) is 64.5 cm³/mol. The van der Waals surface area contributed by atoms with E-state index in [4.69, 9.17) is 5.11 Å². The van der Waals surface area contributed by atoms with Crippen LogP contribution in [-0.4, -0.2) is 60.6 Å². The quantitative estimate of drug-likeness (QED) is 0.687. The smallest absolute Gasteiger partial charge is 0.317 e. The minimum atomic E-state index is -0.738. The van der Waals surface area contributed by atoms with Crippen LogP contribution in [0.4, 0.5) is 0 Å². The first-order valence-electron chi connectivity index (χ1n) is 5.87. The Hall–Kier alpha value is -0.870. The largest absolute Gasteiger partial charge is 0.480 e. The van der Waals surface area contributed by atoms with Crippen molar-refractivity contribution >= 4 is 5.97 Å². The first-order chi connectivity index (χ1) is 7.59. The maximum Gasteiger partial charge on any atom is 0.317 e. The number of carboxylic acid groups (broad SMARTS) is 1. The molecule has 16 heavy (non-hydrogen) atoms. The third-order valence-corrected chi connectivity index (χ3v) is 2.87. The molecule has 0 heterocycles. The minimum Gasteiger partial charge on any atom is -0.480 e. The summed E-state index contributed by atoms with van der Waals surface area (Å²) in [7, 11) is 4.02. The molecule has 1 atom stereocenters. The normalized spacial score (nSPS) is 20.6. The Kier molecular flexibility index (Phi) is 5.49. The van der Waals surface area contributed by atoms with Crippen LogP contribution in [0, 0.1) is 0 Å². The molecule has 4 nitrogen and oxygen atoms in total. The van der Waals surface area contributed by atoms with Crippen LogP contribution in [0.15, 0.2) is 12.2 Å². The fourth-order valence-corrected chi connectivity index (χ4v) is 1.96. The molecule has 0 spiro atoms. The molecular weight excluding hydrogens is 204 g/mol. The van der Waals surface area contributed by atoms with Gasteiger partial charge in [0.1, 0.15) is 0 Å². The topological polar surface area (TPSA) is 43.8 Å². The molecule has 1 aliphatic carbocycles. The molecule has 0 amide bonds. The van der Waals surface area contributed by atoms with Gasteiger partial charge in [0.05, 0.1) is 6.54 Å². The maximum absolute atomic E-state index is 10.8.